The highest BCUT2D eigenvalue weighted by Gasteiger charge is 2.24. The fraction of sp³-hybridized carbons (Fsp3) is 0.765. The Kier molecular flexibility index (Phi) is 6.88. The summed E-state index contributed by atoms with van der Waals surface area (Å²) in [5.74, 6) is 0.675. The van der Waals surface area contributed by atoms with Crippen molar-refractivity contribution >= 4 is 20.5 Å². The summed E-state index contributed by atoms with van der Waals surface area (Å²) in [6.07, 6.45) is 9.52. The first-order valence-electron chi connectivity index (χ1n) is 8.46. The van der Waals surface area contributed by atoms with E-state index in [-0.39, 0.29) is 12.1 Å². The maximum Gasteiger partial charge on any atom is 0.330 e. The molecule has 2 aliphatic carbocycles. The Morgan fingerprint density at radius 1 is 1.27 bits per heavy atom. The van der Waals surface area contributed by atoms with Crippen LogP contribution in [0.25, 0.3) is 0 Å². The van der Waals surface area contributed by atoms with E-state index in [2.05, 4.69) is 24.9 Å². The van der Waals surface area contributed by atoms with Gasteiger partial charge < -0.3 is 9.26 Å². The first-order chi connectivity index (χ1) is 10.6. The standard InChI is InChI=1S/C17H28NO3P/c1-12(2)22-21-16-11-7-6-10-15(16)18-13(3)17(19)20-14-8-4-5-9-14/h11-14,22H,4-10H2,1-3H3. The van der Waals surface area contributed by atoms with Crippen LogP contribution in [-0.2, 0) is 14.1 Å². The fourth-order valence-electron chi connectivity index (χ4n) is 2.71. The number of hydrogen-bond acceptors (Lipinski definition) is 4. The summed E-state index contributed by atoms with van der Waals surface area (Å²) in [6, 6.07) is -0.442. The van der Waals surface area contributed by atoms with Gasteiger partial charge in [-0.25, -0.2) is 4.79 Å². The molecular formula is C17H28NO3P. The summed E-state index contributed by atoms with van der Waals surface area (Å²) in [6.45, 7) is 6.10. The molecule has 1 fully saturated rings. The van der Waals surface area contributed by atoms with Gasteiger partial charge in [0.2, 0.25) is 0 Å². The summed E-state index contributed by atoms with van der Waals surface area (Å²) in [7, 11) is 0.436. The highest BCUT2D eigenvalue weighted by molar-refractivity contribution is 7.33. The Morgan fingerprint density at radius 2 is 2.00 bits per heavy atom. The lowest BCUT2D eigenvalue weighted by Crippen LogP contribution is -2.25. The molecule has 0 bridgehead atoms. The van der Waals surface area contributed by atoms with Crippen molar-refractivity contribution in [3.8, 4) is 0 Å². The van der Waals surface area contributed by atoms with E-state index in [1.807, 2.05) is 6.92 Å². The molecule has 0 saturated heterocycles. The quantitative estimate of drug-likeness (QED) is 0.537. The molecule has 22 heavy (non-hydrogen) atoms. The van der Waals surface area contributed by atoms with E-state index in [0.717, 1.165) is 56.4 Å². The van der Waals surface area contributed by atoms with E-state index < -0.39 is 6.04 Å². The van der Waals surface area contributed by atoms with Crippen LogP contribution in [0.5, 0.6) is 0 Å². The van der Waals surface area contributed by atoms with Crippen LogP contribution in [-0.4, -0.2) is 29.5 Å². The molecule has 4 nitrogen and oxygen atoms in total. The van der Waals surface area contributed by atoms with Gasteiger partial charge in [-0.3, -0.25) is 4.99 Å². The Morgan fingerprint density at radius 3 is 2.68 bits per heavy atom. The molecule has 124 valence electrons. The number of rotatable bonds is 6. The molecule has 0 amide bonds. The van der Waals surface area contributed by atoms with Crippen molar-refractivity contribution < 1.29 is 14.1 Å². The van der Waals surface area contributed by atoms with Crippen molar-refractivity contribution in [3.63, 3.8) is 0 Å². The molecule has 5 heteroatoms. The number of ether oxygens (including phenoxy) is 1. The maximum atomic E-state index is 12.2. The first kappa shape index (κ1) is 17.5. The lowest BCUT2D eigenvalue weighted by Gasteiger charge is -2.20. The van der Waals surface area contributed by atoms with Crippen LogP contribution < -0.4 is 0 Å². The number of hydrogen-bond donors (Lipinski definition) is 0. The Labute approximate surface area is 135 Å². The van der Waals surface area contributed by atoms with Crippen LogP contribution in [0, 0.1) is 0 Å². The van der Waals surface area contributed by atoms with Gasteiger partial charge in [0.25, 0.3) is 0 Å². The molecule has 0 radical (unpaired) electrons. The summed E-state index contributed by atoms with van der Waals surface area (Å²) in [5, 5.41) is 0. The molecule has 2 rings (SSSR count). The van der Waals surface area contributed by atoms with Gasteiger partial charge >= 0.3 is 5.97 Å². The second-order valence-corrected chi connectivity index (χ2v) is 8.02. The molecule has 2 atom stereocenters. The highest BCUT2D eigenvalue weighted by Crippen LogP contribution is 2.28. The molecule has 0 spiro atoms. The van der Waals surface area contributed by atoms with Crippen LogP contribution in [0.3, 0.4) is 0 Å². The maximum absolute atomic E-state index is 12.2. The van der Waals surface area contributed by atoms with E-state index in [9.17, 15) is 4.79 Å². The number of carbonyl (C=O) groups is 1. The summed E-state index contributed by atoms with van der Waals surface area (Å²) < 4.78 is 11.4. The van der Waals surface area contributed by atoms with Gasteiger partial charge in [-0.15, -0.1) is 0 Å². The number of allylic oxidation sites excluding steroid dienone is 2. The lowest BCUT2D eigenvalue weighted by atomic mass is 10.0. The zero-order valence-electron chi connectivity index (χ0n) is 13.9. The van der Waals surface area contributed by atoms with Crippen LogP contribution in [0.2, 0.25) is 0 Å². The van der Waals surface area contributed by atoms with Crippen LogP contribution in [0.1, 0.15) is 65.7 Å². The molecule has 0 aromatic rings. The Balaban J connectivity index is 1.93. The van der Waals surface area contributed by atoms with Gasteiger partial charge in [0, 0.05) is 5.66 Å². The zero-order chi connectivity index (χ0) is 15.9. The Hall–Kier alpha value is -0.890. The number of nitrogens with zero attached hydrogens (tertiary/aromatic N) is 1. The third-order valence-electron chi connectivity index (χ3n) is 3.91. The van der Waals surface area contributed by atoms with E-state index in [0.29, 0.717) is 14.5 Å². The second-order valence-electron chi connectivity index (χ2n) is 6.43. The predicted octanol–water partition coefficient (Wildman–Crippen LogP) is 4.39. The second kappa shape index (κ2) is 8.67. The summed E-state index contributed by atoms with van der Waals surface area (Å²) in [5.41, 5.74) is 1.43. The third-order valence-corrected chi connectivity index (χ3v) is 4.72. The van der Waals surface area contributed by atoms with Crippen LogP contribution in [0.15, 0.2) is 16.8 Å². The monoisotopic (exact) mass is 325 g/mol. The molecule has 2 unspecified atom stereocenters. The van der Waals surface area contributed by atoms with Gasteiger partial charge in [-0.1, -0.05) is 13.8 Å². The zero-order valence-corrected chi connectivity index (χ0v) is 14.9. The van der Waals surface area contributed by atoms with Gasteiger partial charge in [-0.05, 0) is 57.9 Å². The molecule has 0 aromatic heterocycles. The average molecular weight is 325 g/mol. The van der Waals surface area contributed by atoms with E-state index >= 15 is 0 Å². The first-order valence-corrected chi connectivity index (χ1v) is 9.45. The van der Waals surface area contributed by atoms with Gasteiger partial charge in [0.15, 0.2) is 0 Å². The minimum Gasteiger partial charge on any atom is -0.475 e. The molecule has 0 aliphatic heterocycles. The molecule has 0 heterocycles. The van der Waals surface area contributed by atoms with Crippen molar-refractivity contribution in [3.05, 3.63) is 11.8 Å². The van der Waals surface area contributed by atoms with E-state index in [1.165, 1.54) is 0 Å². The number of carbonyl (C=O) groups excluding carboxylic acids is 1. The molecule has 0 aromatic carbocycles. The highest BCUT2D eigenvalue weighted by atomic mass is 31.1. The van der Waals surface area contributed by atoms with Crippen molar-refractivity contribution in [2.45, 2.75) is 83.5 Å². The number of esters is 1. The lowest BCUT2D eigenvalue weighted by molar-refractivity contribution is -0.149. The van der Waals surface area contributed by atoms with Crippen LogP contribution in [0.4, 0.5) is 0 Å². The smallest absolute Gasteiger partial charge is 0.330 e. The SMILES string of the molecule is CC(C)POC1=CCCCC1=NC(C)C(=O)OC1CCCC1. The normalized spacial score (nSPS) is 23.3. The topological polar surface area (TPSA) is 47.9 Å². The van der Waals surface area contributed by atoms with Crippen molar-refractivity contribution in [2.24, 2.45) is 4.99 Å². The largest absolute Gasteiger partial charge is 0.475 e. The summed E-state index contributed by atoms with van der Waals surface area (Å²) >= 11 is 0. The van der Waals surface area contributed by atoms with Crippen molar-refractivity contribution in [2.75, 3.05) is 0 Å². The molecule has 2 aliphatic rings. The van der Waals surface area contributed by atoms with Crippen molar-refractivity contribution in [1.29, 1.82) is 0 Å². The van der Waals surface area contributed by atoms with E-state index in [4.69, 9.17) is 9.26 Å². The van der Waals surface area contributed by atoms with Gasteiger partial charge in [0.1, 0.15) is 17.9 Å². The molecular weight excluding hydrogens is 297 g/mol. The van der Waals surface area contributed by atoms with Crippen LogP contribution >= 0.6 is 8.81 Å². The van der Waals surface area contributed by atoms with E-state index in [1.54, 1.807) is 0 Å². The van der Waals surface area contributed by atoms with Gasteiger partial charge in [0.05, 0.1) is 14.5 Å². The Bertz CT molecular complexity index is 439. The average Bonchev–Trinajstić information content (AvgIpc) is 2.99. The minimum absolute atomic E-state index is 0.107. The van der Waals surface area contributed by atoms with Crippen molar-refractivity contribution in [1.82, 2.24) is 0 Å². The minimum atomic E-state index is -0.442. The fourth-order valence-corrected chi connectivity index (χ4v) is 3.27. The van der Waals surface area contributed by atoms with Gasteiger partial charge in [-0.2, -0.15) is 0 Å². The number of aliphatic imine (C=N–C) groups is 1. The third kappa shape index (κ3) is 5.39. The summed E-state index contributed by atoms with van der Waals surface area (Å²) in [4.78, 5) is 16.7. The molecule has 0 N–H and O–H groups in total. The molecule has 1 saturated carbocycles. The predicted molar refractivity (Wildman–Crippen MR) is 91.7 cm³/mol.